The van der Waals surface area contributed by atoms with E-state index in [1.54, 1.807) is 7.05 Å². The van der Waals surface area contributed by atoms with E-state index in [2.05, 4.69) is 10.6 Å². The van der Waals surface area contributed by atoms with Gasteiger partial charge in [-0.15, -0.1) is 0 Å². The number of nitrogens with one attached hydrogen (secondary N) is 2. The summed E-state index contributed by atoms with van der Waals surface area (Å²) >= 11 is 0. The number of carbonyl (C=O) groups excluding carboxylic acids is 3. The molecule has 0 aromatic heterocycles. The fourth-order valence-corrected chi connectivity index (χ4v) is 1.68. The molecular weight excluding hydrogens is 246 g/mol. The number of nitrogens with two attached hydrogens (primary N) is 1. The summed E-state index contributed by atoms with van der Waals surface area (Å²) < 4.78 is 0. The smallest absolute Gasteiger partial charge is 0.236 e. The lowest BCUT2D eigenvalue weighted by Gasteiger charge is -2.03. The largest absolute Gasteiger partial charge is 0.368 e. The van der Waals surface area contributed by atoms with Gasteiger partial charge in [-0.1, -0.05) is 25.7 Å². The van der Waals surface area contributed by atoms with Gasteiger partial charge in [0, 0.05) is 19.9 Å². The summed E-state index contributed by atoms with van der Waals surface area (Å²) in [7, 11) is 1.64. The van der Waals surface area contributed by atoms with Gasteiger partial charge in [0.25, 0.3) is 0 Å². The molecule has 0 saturated heterocycles. The summed E-state index contributed by atoms with van der Waals surface area (Å²) in [5.74, 6) is -0.561. The highest BCUT2D eigenvalue weighted by atomic mass is 16.2. The number of primary amides is 1. The Morgan fingerprint density at radius 3 is 1.79 bits per heavy atom. The van der Waals surface area contributed by atoms with Crippen molar-refractivity contribution in [2.24, 2.45) is 5.73 Å². The first-order valence-electron chi connectivity index (χ1n) is 6.82. The van der Waals surface area contributed by atoms with Gasteiger partial charge in [-0.25, -0.2) is 0 Å². The fraction of sp³-hybridized carbons (Fsp3) is 0.769. The minimum absolute atomic E-state index is 0.0850. The molecule has 0 spiro atoms. The van der Waals surface area contributed by atoms with Gasteiger partial charge in [-0.3, -0.25) is 14.4 Å². The molecule has 6 heteroatoms. The standard InChI is InChI=1S/C13H25N3O3/c1-15-12(18)8-6-4-2-3-5-7-9-13(19)16-10-11(14)17/h2-10H2,1H3,(H2,14,17)(H,15,18)(H,16,19). The van der Waals surface area contributed by atoms with Crippen LogP contribution >= 0.6 is 0 Å². The molecule has 0 saturated carbocycles. The molecule has 0 rings (SSSR count). The molecule has 4 N–H and O–H groups in total. The summed E-state index contributed by atoms with van der Waals surface area (Å²) in [4.78, 5) is 32.6. The van der Waals surface area contributed by atoms with Gasteiger partial charge in [-0.05, 0) is 12.8 Å². The van der Waals surface area contributed by atoms with E-state index < -0.39 is 5.91 Å². The van der Waals surface area contributed by atoms with Crippen LogP contribution in [0, 0.1) is 0 Å². The van der Waals surface area contributed by atoms with Crippen molar-refractivity contribution in [3.05, 3.63) is 0 Å². The van der Waals surface area contributed by atoms with Crippen LogP contribution in [0.4, 0.5) is 0 Å². The highest BCUT2D eigenvalue weighted by molar-refractivity contribution is 5.83. The van der Waals surface area contributed by atoms with Crippen molar-refractivity contribution in [2.75, 3.05) is 13.6 Å². The highest BCUT2D eigenvalue weighted by Gasteiger charge is 2.02. The molecule has 3 amide bonds. The van der Waals surface area contributed by atoms with Crippen LogP contribution in [0.15, 0.2) is 0 Å². The third kappa shape index (κ3) is 12.7. The first kappa shape index (κ1) is 17.4. The van der Waals surface area contributed by atoms with Crippen LogP contribution in [0.3, 0.4) is 0 Å². The molecule has 19 heavy (non-hydrogen) atoms. The summed E-state index contributed by atoms with van der Waals surface area (Å²) in [6.45, 7) is -0.0850. The lowest BCUT2D eigenvalue weighted by molar-refractivity contribution is -0.124. The van der Waals surface area contributed by atoms with Gasteiger partial charge in [0.2, 0.25) is 17.7 Å². The molecule has 0 aliphatic carbocycles. The zero-order valence-corrected chi connectivity index (χ0v) is 11.7. The molecule has 0 radical (unpaired) electrons. The minimum Gasteiger partial charge on any atom is -0.368 e. The molecule has 110 valence electrons. The number of unbranched alkanes of at least 4 members (excludes halogenated alkanes) is 5. The van der Waals surface area contributed by atoms with Crippen LogP contribution in [0.5, 0.6) is 0 Å². The van der Waals surface area contributed by atoms with E-state index in [0.717, 1.165) is 38.5 Å². The summed E-state index contributed by atoms with van der Waals surface area (Å²) in [5, 5.41) is 5.05. The predicted molar refractivity (Wildman–Crippen MR) is 73.2 cm³/mol. The van der Waals surface area contributed by atoms with Crippen molar-refractivity contribution in [3.63, 3.8) is 0 Å². The lowest BCUT2D eigenvalue weighted by Crippen LogP contribution is -2.33. The van der Waals surface area contributed by atoms with Gasteiger partial charge < -0.3 is 16.4 Å². The highest BCUT2D eigenvalue weighted by Crippen LogP contribution is 2.08. The van der Waals surface area contributed by atoms with Crippen molar-refractivity contribution in [1.82, 2.24) is 10.6 Å². The fourth-order valence-electron chi connectivity index (χ4n) is 1.68. The SMILES string of the molecule is CNC(=O)CCCCCCCCC(=O)NCC(N)=O. The van der Waals surface area contributed by atoms with E-state index in [0.29, 0.717) is 12.8 Å². The van der Waals surface area contributed by atoms with E-state index in [4.69, 9.17) is 5.73 Å². The third-order valence-corrected chi connectivity index (χ3v) is 2.80. The van der Waals surface area contributed by atoms with E-state index in [1.807, 2.05) is 0 Å². The molecule has 0 heterocycles. The normalized spacial score (nSPS) is 9.95. The van der Waals surface area contributed by atoms with Crippen molar-refractivity contribution >= 4 is 17.7 Å². The Hall–Kier alpha value is -1.59. The van der Waals surface area contributed by atoms with Crippen molar-refractivity contribution in [3.8, 4) is 0 Å². The second-order valence-corrected chi connectivity index (χ2v) is 4.54. The third-order valence-electron chi connectivity index (χ3n) is 2.80. The summed E-state index contributed by atoms with van der Waals surface area (Å²) in [6, 6.07) is 0. The Kier molecular flexibility index (Phi) is 10.5. The van der Waals surface area contributed by atoms with Gasteiger partial charge in [0.15, 0.2) is 0 Å². The number of hydrogen-bond acceptors (Lipinski definition) is 3. The molecule has 0 aromatic rings. The van der Waals surface area contributed by atoms with Crippen LogP contribution in [0.1, 0.15) is 51.4 Å². The van der Waals surface area contributed by atoms with Crippen LogP contribution in [-0.4, -0.2) is 31.3 Å². The maximum atomic E-state index is 11.2. The topological polar surface area (TPSA) is 101 Å². The van der Waals surface area contributed by atoms with Crippen LogP contribution < -0.4 is 16.4 Å². The first-order valence-corrected chi connectivity index (χ1v) is 6.82. The van der Waals surface area contributed by atoms with E-state index in [1.165, 1.54) is 0 Å². The van der Waals surface area contributed by atoms with Crippen LogP contribution in [0.2, 0.25) is 0 Å². The number of hydrogen-bond donors (Lipinski definition) is 3. The Morgan fingerprint density at radius 2 is 1.32 bits per heavy atom. The second-order valence-electron chi connectivity index (χ2n) is 4.54. The quantitative estimate of drug-likeness (QED) is 0.476. The number of amides is 3. The molecule has 0 bridgehead atoms. The minimum atomic E-state index is -0.524. The van der Waals surface area contributed by atoms with E-state index in [9.17, 15) is 14.4 Å². The average Bonchev–Trinajstić information content (AvgIpc) is 2.38. The second kappa shape index (κ2) is 11.5. The van der Waals surface area contributed by atoms with E-state index in [-0.39, 0.29) is 18.4 Å². The molecule has 0 aromatic carbocycles. The maximum absolute atomic E-state index is 11.2. The Labute approximate surface area is 114 Å². The molecule has 0 aliphatic heterocycles. The van der Waals surface area contributed by atoms with E-state index >= 15 is 0 Å². The van der Waals surface area contributed by atoms with Crippen LogP contribution in [-0.2, 0) is 14.4 Å². The van der Waals surface area contributed by atoms with Gasteiger partial charge >= 0.3 is 0 Å². The molecule has 6 nitrogen and oxygen atoms in total. The molecule has 0 unspecified atom stereocenters. The Morgan fingerprint density at radius 1 is 0.842 bits per heavy atom. The predicted octanol–water partition coefficient (Wildman–Crippen LogP) is 0.455. The lowest BCUT2D eigenvalue weighted by atomic mass is 10.1. The molecule has 0 aliphatic rings. The molecular formula is C13H25N3O3. The summed E-state index contributed by atoms with van der Waals surface area (Å²) in [6.07, 6.45) is 6.94. The molecule has 0 fully saturated rings. The monoisotopic (exact) mass is 271 g/mol. The Bertz CT molecular complexity index is 293. The summed E-state index contributed by atoms with van der Waals surface area (Å²) in [5.41, 5.74) is 4.91. The molecule has 0 atom stereocenters. The number of carbonyl (C=O) groups is 3. The van der Waals surface area contributed by atoms with Gasteiger partial charge in [0.1, 0.15) is 0 Å². The Balaban J connectivity index is 3.24. The average molecular weight is 271 g/mol. The maximum Gasteiger partial charge on any atom is 0.236 e. The van der Waals surface area contributed by atoms with Gasteiger partial charge in [0.05, 0.1) is 6.54 Å². The van der Waals surface area contributed by atoms with Crippen molar-refractivity contribution in [2.45, 2.75) is 51.4 Å². The zero-order valence-electron chi connectivity index (χ0n) is 11.7. The van der Waals surface area contributed by atoms with Crippen molar-refractivity contribution < 1.29 is 14.4 Å². The van der Waals surface area contributed by atoms with Crippen molar-refractivity contribution in [1.29, 1.82) is 0 Å². The zero-order chi connectivity index (χ0) is 14.5. The first-order chi connectivity index (χ1) is 9.06. The van der Waals surface area contributed by atoms with Gasteiger partial charge in [-0.2, -0.15) is 0 Å². The number of rotatable bonds is 11. The van der Waals surface area contributed by atoms with Crippen LogP contribution in [0.25, 0.3) is 0 Å².